The van der Waals surface area contributed by atoms with Crippen molar-refractivity contribution in [1.29, 1.82) is 0 Å². The van der Waals surface area contributed by atoms with Gasteiger partial charge in [0.15, 0.2) is 5.82 Å². The van der Waals surface area contributed by atoms with Crippen LogP contribution in [0.1, 0.15) is 5.56 Å². The number of H-pyrrole nitrogens is 1. The highest BCUT2D eigenvalue weighted by Crippen LogP contribution is 2.25. The van der Waals surface area contributed by atoms with E-state index in [0.29, 0.717) is 11.8 Å². The molecule has 0 amide bonds. The lowest BCUT2D eigenvalue weighted by Crippen LogP contribution is -2.44. The first-order valence-electron chi connectivity index (χ1n) is 6.78. The van der Waals surface area contributed by atoms with Gasteiger partial charge in [0.2, 0.25) is 5.95 Å². The summed E-state index contributed by atoms with van der Waals surface area (Å²) in [6.45, 7) is 5.41. The second-order valence-electron chi connectivity index (χ2n) is 4.98. The summed E-state index contributed by atoms with van der Waals surface area (Å²) in [5.74, 6) is 1.31. The van der Waals surface area contributed by atoms with Crippen molar-refractivity contribution in [2.24, 2.45) is 0 Å². The minimum absolute atomic E-state index is 0.0816. The first-order chi connectivity index (χ1) is 10.1. The molecule has 0 spiro atoms. The average molecular weight is 288 g/mol. The quantitative estimate of drug-likeness (QED) is 0.648. The first-order valence-corrected chi connectivity index (χ1v) is 6.78. The van der Waals surface area contributed by atoms with Crippen molar-refractivity contribution in [3.05, 3.63) is 33.9 Å². The molecule has 0 saturated carbocycles. The monoisotopic (exact) mass is 288 g/mol. The maximum absolute atomic E-state index is 10.8. The number of nitro groups is 1. The average Bonchev–Trinajstić information content (AvgIpc) is 2.97. The number of hydrogen-bond donors (Lipinski definition) is 2. The predicted molar refractivity (Wildman–Crippen MR) is 78.3 cm³/mol. The maximum atomic E-state index is 10.8. The smallest absolute Gasteiger partial charge is 0.269 e. The Morgan fingerprint density at radius 1 is 1.33 bits per heavy atom. The molecule has 1 aromatic heterocycles. The van der Waals surface area contributed by atoms with Crippen molar-refractivity contribution in [2.45, 2.75) is 6.92 Å². The number of aromatic amines is 1. The number of anilines is 1. The fourth-order valence-corrected chi connectivity index (χ4v) is 2.41. The van der Waals surface area contributed by atoms with Gasteiger partial charge < -0.3 is 10.2 Å². The predicted octanol–water partition coefficient (Wildman–Crippen LogP) is 1.10. The van der Waals surface area contributed by atoms with Crippen LogP contribution in [0, 0.1) is 17.0 Å². The molecule has 0 bridgehead atoms. The second-order valence-corrected chi connectivity index (χ2v) is 4.98. The van der Waals surface area contributed by atoms with Crippen molar-refractivity contribution >= 4 is 11.6 Å². The molecule has 110 valence electrons. The van der Waals surface area contributed by atoms with Gasteiger partial charge in [-0.25, -0.2) is 0 Å². The third-order valence-corrected chi connectivity index (χ3v) is 3.55. The number of hydrogen-bond acceptors (Lipinski definition) is 6. The van der Waals surface area contributed by atoms with E-state index < -0.39 is 4.92 Å². The Morgan fingerprint density at radius 2 is 2.10 bits per heavy atom. The Balaban J connectivity index is 1.87. The Bertz CT molecular complexity index is 662. The fourth-order valence-electron chi connectivity index (χ4n) is 2.41. The summed E-state index contributed by atoms with van der Waals surface area (Å²) >= 11 is 0. The van der Waals surface area contributed by atoms with E-state index in [1.807, 2.05) is 6.92 Å². The minimum atomic E-state index is -0.399. The van der Waals surface area contributed by atoms with Gasteiger partial charge >= 0.3 is 0 Å². The Hall–Kier alpha value is -2.48. The van der Waals surface area contributed by atoms with E-state index in [0.717, 1.165) is 37.3 Å². The van der Waals surface area contributed by atoms with Crippen molar-refractivity contribution in [3.8, 4) is 11.4 Å². The standard InChI is InChI=1S/C13H16N6O2/c1-9-8-10(19(20)21)2-3-11(9)12-15-13(17-16-12)18-6-4-14-5-7-18/h2-3,8,14H,4-7H2,1H3,(H,15,16,17). The van der Waals surface area contributed by atoms with Crippen LogP contribution in [0.2, 0.25) is 0 Å². The van der Waals surface area contributed by atoms with Gasteiger partial charge in [-0.05, 0) is 18.6 Å². The molecule has 0 aliphatic carbocycles. The van der Waals surface area contributed by atoms with Gasteiger partial charge in [-0.15, -0.1) is 5.10 Å². The Kier molecular flexibility index (Phi) is 3.53. The molecule has 1 aliphatic rings. The normalized spacial score (nSPS) is 15.2. The summed E-state index contributed by atoms with van der Waals surface area (Å²) in [5, 5.41) is 21.2. The zero-order valence-electron chi connectivity index (χ0n) is 11.7. The summed E-state index contributed by atoms with van der Waals surface area (Å²) < 4.78 is 0. The van der Waals surface area contributed by atoms with Gasteiger partial charge in [0.1, 0.15) is 0 Å². The van der Waals surface area contributed by atoms with E-state index in [1.54, 1.807) is 12.1 Å². The summed E-state index contributed by atoms with van der Waals surface area (Å²) in [6.07, 6.45) is 0. The van der Waals surface area contributed by atoms with Crippen LogP contribution in [0.5, 0.6) is 0 Å². The Morgan fingerprint density at radius 3 is 2.76 bits per heavy atom. The van der Waals surface area contributed by atoms with Crippen LogP contribution < -0.4 is 10.2 Å². The first kappa shape index (κ1) is 13.5. The van der Waals surface area contributed by atoms with Gasteiger partial charge in [0, 0.05) is 43.9 Å². The number of nitro benzene ring substituents is 1. The highest BCUT2D eigenvalue weighted by molar-refractivity contribution is 5.63. The van der Waals surface area contributed by atoms with Crippen LogP contribution in [0.4, 0.5) is 11.6 Å². The summed E-state index contributed by atoms with van der Waals surface area (Å²) in [4.78, 5) is 17.0. The fraction of sp³-hybridized carbons (Fsp3) is 0.385. The lowest BCUT2D eigenvalue weighted by Gasteiger charge is -2.25. The third-order valence-electron chi connectivity index (χ3n) is 3.55. The molecule has 1 saturated heterocycles. The number of aromatic nitrogens is 3. The zero-order valence-corrected chi connectivity index (χ0v) is 11.7. The molecule has 1 fully saturated rings. The zero-order chi connectivity index (χ0) is 14.8. The molecule has 0 radical (unpaired) electrons. The van der Waals surface area contributed by atoms with Gasteiger partial charge in [-0.1, -0.05) is 0 Å². The van der Waals surface area contributed by atoms with Crippen LogP contribution in [0.3, 0.4) is 0 Å². The second kappa shape index (κ2) is 5.49. The van der Waals surface area contributed by atoms with Gasteiger partial charge in [-0.3, -0.25) is 15.2 Å². The van der Waals surface area contributed by atoms with E-state index in [4.69, 9.17) is 0 Å². The summed E-state index contributed by atoms with van der Waals surface area (Å²) in [5.41, 5.74) is 1.71. The van der Waals surface area contributed by atoms with Gasteiger partial charge in [0.05, 0.1) is 4.92 Å². The Labute approximate surface area is 121 Å². The van der Waals surface area contributed by atoms with Crippen molar-refractivity contribution in [3.63, 3.8) is 0 Å². The molecular weight excluding hydrogens is 272 g/mol. The van der Waals surface area contributed by atoms with Crippen LogP contribution in [-0.2, 0) is 0 Å². The molecular formula is C13H16N6O2. The van der Waals surface area contributed by atoms with Crippen LogP contribution in [0.15, 0.2) is 18.2 Å². The number of non-ortho nitro benzene ring substituents is 1. The SMILES string of the molecule is Cc1cc([N+](=O)[O-])ccc1-c1nc(N2CCNCC2)n[nH]1. The lowest BCUT2D eigenvalue weighted by molar-refractivity contribution is -0.384. The highest BCUT2D eigenvalue weighted by atomic mass is 16.6. The number of benzene rings is 1. The molecule has 2 heterocycles. The van der Waals surface area contributed by atoms with Crippen LogP contribution in [0.25, 0.3) is 11.4 Å². The van der Waals surface area contributed by atoms with Crippen molar-refractivity contribution < 1.29 is 4.92 Å². The molecule has 0 atom stereocenters. The van der Waals surface area contributed by atoms with E-state index in [-0.39, 0.29) is 5.69 Å². The minimum Gasteiger partial charge on any atom is -0.337 e. The summed E-state index contributed by atoms with van der Waals surface area (Å²) in [6, 6.07) is 4.73. The molecule has 3 rings (SSSR count). The molecule has 0 unspecified atom stereocenters. The van der Waals surface area contributed by atoms with E-state index in [2.05, 4.69) is 25.4 Å². The number of piperazine rings is 1. The van der Waals surface area contributed by atoms with Crippen molar-refractivity contribution in [1.82, 2.24) is 20.5 Å². The lowest BCUT2D eigenvalue weighted by atomic mass is 10.1. The van der Waals surface area contributed by atoms with Gasteiger partial charge in [-0.2, -0.15) is 4.98 Å². The highest BCUT2D eigenvalue weighted by Gasteiger charge is 2.17. The largest absolute Gasteiger partial charge is 0.337 e. The van der Waals surface area contributed by atoms with E-state index >= 15 is 0 Å². The number of nitrogens with one attached hydrogen (secondary N) is 2. The molecule has 2 N–H and O–H groups in total. The van der Waals surface area contributed by atoms with E-state index in [9.17, 15) is 10.1 Å². The molecule has 2 aromatic rings. The molecule has 1 aliphatic heterocycles. The number of aryl methyl sites for hydroxylation is 1. The van der Waals surface area contributed by atoms with Crippen molar-refractivity contribution in [2.75, 3.05) is 31.1 Å². The van der Waals surface area contributed by atoms with Crippen LogP contribution >= 0.6 is 0 Å². The van der Waals surface area contributed by atoms with E-state index in [1.165, 1.54) is 6.07 Å². The van der Waals surface area contributed by atoms with Crippen LogP contribution in [-0.4, -0.2) is 46.3 Å². The number of rotatable bonds is 3. The molecule has 8 heteroatoms. The third kappa shape index (κ3) is 2.70. The number of nitrogens with zero attached hydrogens (tertiary/aromatic N) is 4. The molecule has 21 heavy (non-hydrogen) atoms. The van der Waals surface area contributed by atoms with Gasteiger partial charge in [0.25, 0.3) is 5.69 Å². The molecule has 1 aromatic carbocycles. The topological polar surface area (TPSA) is 100.0 Å². The molecule has 8 nitrogen and oxygen atoms in total. The maximum Gasteiger partial charge on any atom is 0.269 e. The summed E-state index contributed by atoms with van der Waals surface area (Å²) in [7, 11) is 0.